The van der Waals surface area contributed by atoms with Crippen LogP contribution in [0.1, 0.15) is 47.4 Å². The maximum Gasteiger partial charge on any atom is 0.433 e. The highest BCUT2D eigenvalue weighted by atomic mass is 19.4. The molecule has 10 heteroatoms. The molecule has 2 aromatic heterocycles. The number of hydrogen-bond acceptors (Lipinski definition) is 6. The summed E-state index contributed by atoms with van der Waals surface area (Å²) < 4.78 is 41.8. The first kappa shape index (κ1) is 21.3. The van der Waals surface area contributed by atoms with E-state index < -0.39 is 11.9 Å². The third-order valence-corrected chi connectivity index (χ3v) is 6.37. The van der Waals surface area contributed by atoms with Gasteiger partial charge in [-0.05, 0) is 44.5 Å². The SMILES string of the molecule is Cc1cc2nc(C3CCN(CC4NNNC4c4ccccc4)CC3)cc(C(F)(F)F)n2n1. The summed E-state index contributed by atoms with van der Waals surface area (Å²) in [5.41, 5.74) is 11.3. The van der Waals surface area contributed by atoms with Crippen LogP contribution in [0.5, 0.6) is 0 Å². The van der Waals surface area contributed by atoms with Crippen molar-refractivity contribution in [3.05, 3.63) is 65.1 Å². The summed E-state index contributed by atoms with van der Waals surface area (Å²) in [6, 6.07) is 13.4. The second-order valence-corrected chi connectivity index (χ2v) is 8.60. The van der Waals surface area contributed by atoms with E-state index in [9.17, 15) is 13.2 Å². The first-order valence-corrected chi connectivity index (χ1v) is 10.9. The van der Waals surface area contributed by atoms with E-state index in [1.165, 1.54) is 11.6 Å². The Balaban J connectivity index is 1.27. The lowest BCUT2D eigenvalue weighted by Crippen LogP contribution is -2.44. The molecular formula is C22H26F3N7. The molecule has 2 fully saturated rings. The largest absolute Gasteiger partial charge is 0.433 e. The highest BCUT2D eigenvalue weighted by Crippen LogP contribution is 2.34. The monoisotopic (exact) mass is 445 g/mol. The first-order valence-electron chi connectivity index (χ1n) is 10.9. The van der Waals surface area contributed by atoms with Crippen LogP contribution in [0.15, 0.2) is 42.5 Å². The standard InChI is InChI=1S/C22H26F3N7/c1-14-11-20-26-17(12-19(22(23,24)25)32(20)29-14)15-7-9-31(10-8-15)13-18-21(28-30-27-18)16-5-3-2-4-6-16/h2-6,11-12,15,18,21,27-28,30H,7-10,13H2,1H3. The zero-order chi connectivity index (χ0) is 22.3. The van der Waals surface area contributed by atoms with Crippen molar-refractivity contribution in [2.24, 2.45) is 0 Å². The predicted octanol–water partition coefficient (Wildman–Crippen LogP) is 2.96. The van der Waals surface area contributed by atoms with Gasteiger partial charge in [0.25, 0.3) is 0 Å². The number of benzene rings is 1. The van der Waals surface area contributed by atoms with Crippen molar-refractivity contribution in [3.8, 4) is 0 Å². The molecule has 2 aliphatic rings. The summed E-state index contributed by atoms with van der Waals surface area (Å²) in [7, 11) is 0. The van der Waals surface area contributed by atoms with E-state index >= 15 is 0 Å². The number of nitrogens with one attached hydrogen (secondary N) is 3. The first-order chi connectivity index (χ1) is 15.4. The molecule has 0 aliphatic carbocycles. The average molecular weight is 445 g/mol. The zero-order valence-corrected chi connectivity index (χ0v) is 17.7. The quantitative estimate of drug-likeness (QED) is 0.574. The van der Waals surface area contributed by atoms with Gasteiger partial charge in [-0.15, -0.1) is 0 Å². The van der Waals surface area contributed by atoms with Crippen molar-refractivity contribution in [3.63, 3.8) is 0 Å². The van der Waals surface area contributed by atoms with Gasteiger partial charge in [-0.3, -0.25) is 0 Å². The molecule has 2 saturated heterocycles. The molecule has 0 bridgehead atoms. The molecule has 0 radical (unpaired) electrons. The minimum Gasteiger partial charge on any atom is -0.302 e. The number of aromatic nitrogens is 3. The van der Waals surface area contributed by atoms with Crippen LogP contribution in [0, 0.1) is 6.92 Å². The molecule has 5 rings (SSSR count). The van der Waals surface area contributed by atoms with Gasteiger partial charge in [0.15, 0.2) is 5.65 Å². The molecule has 2 aliphatic heterocycles. The molecule has 0 saturated carbocycles. The minimum absolute atomic E-state index is 0.00487. The fourth-order valence-electron chi connectivity index (χ4n) is 4.73. The molecule has 170 valence electrons. The fourth-order valence-corrected chi connectivity index (χ4v) is 4.73. The highest BCUT2D eigenvalue weighted by molar-refractivity contribution is 5.43. The molecule has 1 aromatic carbocycles. The number of hydrogen-bond donors (Lipinski definition) is 3. The Kier molecular flexibility index (Phi) is 5.62. The lowest BCUT2D eigenvalue weighted by Gasteiger charge is -2.34. The maximum absolute atomic E-state index is 13.6. The van der Waals surface area contributed by atoms with E-state index in [2.05, 4.69) is 43.5 Å². The van der Waals surface area contributed by atoms with E-state index in [4.69, 9.17) is 0 Å². The summed E-state index contributed by atoms with van der Waals surface area (Å²) in [5.74, 6) is 0.00487. The summed E-state index contributed by atoms with van der Waals surface area (Å²) >= 11 is 0. The number of fused-ring (bicyclic) bond motifs is 1. The molecule has 32 heavy (non-hydrogen) atoms. The number of aryl methyl sites for hydroxylation is 1. The number of hydrazine groups is 2. The van der Waals surface area contributed by atoms with Crippen LogP contribution in [-0.4, -0.2) is 45.2 Å². The fraction of sp³-hybridized carbons (Fsp3) is 0.455. The number of rotatable bonds is 4. The lowest BCUT2D eigenvalue weighted by atomic mass is 9.92. The summed E-state index contributed by atoms with van der Waals surface area (Å²) in [5, 5.41) is 3.97. The Morgan fingerprint density at radius 2 is 1.81 bits per heavy atom. The van der Waals surface area contributed by atoms with Crippen LogP contribution in [0.2, 0.25) is 0 Å². The van der Waals surface area contributed by atoms with Crippen LogP contribution in [0.3, 0.4) is 0 Å². The van der Waals surface area contributed by atoms with Crippen LogP contribution in [0.4, 0.5) is 13.2 Å². The minimum atomic E-state index is -4.48. The maximum atomic E-state index is 13.6. The normalized spacial score (nSPS) is 23.2. The van der Waals surface area contributed by atoms with E-state index in [0.29, 0.717) is 11.4 Å². The number of alkyl halides is 3. The number of nitrogens with zero attached hydrogens (tertiary/aromatic N) is 4. The second-order valence-electron chi connectivity index (χ2n) is 8.60. The summed E-state index contributed by atoms with van der Waals surface area (Å²) in [6.45, 7) is 4.15. The molecule has 0 amide bonds. The smallest absolute Gasteiger partial charge is 0.302 e. The summed E-state index contributed by atoms with van der Waals surface area (Å²) in [4.78, 5) is 6.89. The molecule has 0 spiro atoms. The van der Waals surface area contributed by atoms with Gasteiger partial charge in [0.1, 0.15) is 5.69 Å². The van der Waals surface area contributed by atoms with Gasteiger partial charge >= 0.3 is 6.18 Å². The van der Waals surface area contributed by atoms with Crippen LogP contribution >= 0.6 is 0 Å². The molecule has 4 heterocycles. The van der Waals surface area contributed by atoms with Crippen molar-refractivity contribution in [1.29, 1.82) is 0 Å². The van der Waals surface area contributed by atoms with Gasteiger partial charge in [-0.25, -0.2) is 20.4 Å². The van der Waals surface area contributed by atoms with Gasteiger partial charge in [0, 0.05) is 24.2 Å². The molecule has 2 unspecified atom stereocenters. The average Bonchev–Trinajstić information content (AvgIpc) is 3.39. The Bertz CT molecular complexity index is 1070. The number of piperidine rings is 1. The Labute approximate surface area is 183 Å². The number of halogens is 3. The van der Waals surface area contributed by atoms with E-state index in [-0.39, 0.29) is 23.6 Å². The van der Waals surface area contributed by atoms with E-state index in [1.54, 1.807) is 13.0 Å². The Hall–Kier alpha value is -2.53. The van der Waals surface area contributed by atoms with Crippen LogP contribution in [0.25, 0.3) is 5.65 Å². The molecule has 7 nitrogen and oxygen atoms in total. The van der Waals surface area contributed by atoms with Crippen LogP contribution < -0.4 is 16.4 Å². The molecule has 3 N–H and O–H groups in total. The molecule has 3 aromatic rings. The lowest BCUT2D eigenvalue weighted by molar-refractivity contribution is -0.142. The van der Waals surface area contributed by atoms with Crippen molar-refractivity contribution in [2.75, 3.05) is 19.6 Å². The zero-order valence-electron chi connectivity index (χ0n) is 17.7. The van der Waals surface area contributed by atoms with Gasteiger partial charge in [0.2, 0.25) is 0 Å². The highest BCUT2D eigenvalue weighted by Gasteiger charge is 2.36. The molecule has 2 atom stereocenters. The van der Waals surface area contributed by atoms with Crippen molar-refractivity contribution in [2.45, 2.75) is 43.9 Å². The van der Waals surface area contributed by atoms with Crippen molar-refractivity contribution < 1.29 is 13.2 Å². The van der Waals surface area contributed by atoms with Gasteiger partial charge in [-0.2, -0.15) is 23.8 Å². The number of likely N-dealkylation sites (tertiary alicyclic amines) is 1. The van der Waals surface area contributed by atoms with E-state index in [1.807, 2.05) is 18.2 Å². The van der Waals surface area contributed by atoms with Crippen molar-refractivity contribution in [1.82, 2.24) is 35.9 Å². The van der Waals surface area contributed by atoms with Gasteiger partial charge < -0.3 is 4.90 Å². The Morgan fingerprint density at radius 1 is 1.06 bits per heavy atom. The van der Waals surface area contributed by atoms with Gasteiger partial charge in [-0.1, -0.05) is 30.3 Å². The third kappa shape index (κ3) is 4.23. The van der Waals surface area contributed by atoms with Crippen molar-refractivity contribution >= 4 is 5.65 Å². The predicted molar refractivity (Wildman–Crippen MR) is 114 cm³/mol. The Morgan fingerprint density at radius 3 is 2.53 bits per heavy atom. The summed E-state index contributed by atoms with van der Waals surface area (Å²) in [6.07, 6.45) is -2.93. The topological polar surface area (TPSA) is 69.5 Å². The molecular weight excluding hydrogens is 419 g/mol. The van der Waals surface area contributed by atoms with Gasteiger partial charge in [0.05, 0.1) is 17.8 Å². The van der Waals surface area contributed by atoms with E-state index in [0.717, 1.165) is 37.0 Å². The second kappa shape index (κ2) is 8.43. The van der Waals surface area contributed by atoms with Crippen LogP contribution in [-0.2, 0) is 6.18 Å². The third-order valence-electron chi connectivity index (χ3n) is 6.37.